The van der Waals surface area contributed by atoms with Crippen LogP contribution in [0.2, 0.25) is 0 Å². The predicted molar refractivity (Wildman–Crippen MR) is 90.2 cm³/mol. The number of rotatable bonds is 5. The Morgan fingerprint density at radius 3 is 2.48 bits per heavy atom. The van der Waals surface area contributed by atoms with Gasteiger partial charge in [0.2, 0.25) is 0 Å². The first-order valence-electron chi connectivity index (χ1n) is 8.64. The van der Waals surface area contributed by atoms with Crippen molar-refractivity contribution in [2.45, 2.75) is 65.0 Å². The fourth-order valence-electron chi connectivity index (χ4n) is 3.55. The normalized spacial score (nSPS) is 22.7. The highest BCUT2D eigenvalue weighted by molar-refractivity contribution is 5.74. The summed E-state index contributed by atoms with van der Waals surface area (Å²) in [6, 6.07) is 0.0934. The number of aliphatic hydroxyl groups excluding tert-OH is 1. The van der Waals surface area contributed by atoms with E-state index in [2.05, 4.69) is 22.7 Å². The standard InChI is InChI=1S/C17H30N4O2/c1-5-15(16-11(2)20-21(4)12(16)3)19-17(23)18-14-8-6-13(10-22)7-9-14/h13-15,22H,5-10H2,1-4H3,(H2,18,19,23). The summed E-state index contributed by atoms with van der Waals surface area (Å²) in [6.45, 7) is 6.36. The molecule has 1 heterocycles. The van der Waals surface area contributed by atoms with Crippen molar-refractivity contribution in [1.82, 2.24) is 20.4 Å². The van der Waals surface area contributed by atoms with Crippen molar-refractivity contribution in [2.75, 3.05) is 6.61 Å². The van der Waals surface area contributed by atoms with Gasteiger partial charge in [-0.25, -0.2) is 4.79 Å². The van der Waals surface area contributed by atoms with Crippen LogP contribution in [0.5, 0.6) is 0 Å². The Hall–Kier alpha value is -1.56. The average Bonchev–Trinajstić information content (AvgIpc) is 2.79. The van der Waals surface area contributed by atoms with Crippen molar-refractivity contribution in [2.24, 2.45) is 13.0 Å². The van der Waals surface area contributed by atoms with Crippen LogP contribution in [-0.4, -0.2) is 33.6 Å². The van der Waals surface area contributed by atoms with E-state index in [0.29, 0.717) is 5.92 Å². The SMILES string of the molecule is CCC(NC(=O)NC1CCC(CO)CC1)c1c(C)nn(C)c1C. The van der Waals surface area contributed by atoms with Gasteiger partial charge < -0.3 is 15.7 Å². The van der Waals surface area contributed by atoms with Gasteiger partial charge in [0, 0.05) is 31.0 Å². The third kappa shape index (κ3) is 4.25. The minimum Gasteiger partial charge on any atom is -0.396 e. The number of aromatic nitrogens is 2. The zero-order valence-corrected chi connectivity index (χ0v) is 14.7. The first-order chi connectivity index (χ1) is 11.0. The second-order valence-corrected chi connectivity index (χ2v) is 6.69. The lowest BCUT2D eigenvalue weighted by molar-refractivity contribution is 0.174. The lowest BCUT2D eigenvalue weighted by Gasteiger charge is -2.28. The highest BCUT2D eigenvalue weighted by atomic mass is 16.3. The fourth-order valence-corrected chi connectivity index (χ4v) is 3.55. The van der Waals surface area contributed by atoms with E-state index in [1.54, 1.807) is 0 Å². The van der Waals surface area contributed by atoms with Gasteiger partial charge in [-0.3, -0.25) is 4.68 Å². The van der Waals surface area contributed by atoms with Crippen molar-refractivity contribution in [3.8, 4) is 0 Å². The molecular formula is C17H30N4O2. The minimum atomic E-state index is -0.105. The Labute approximate surface area is 138 Å². The average molecular weight is 322 g/mol. The molecule has 1 saturated carbocycles. The molecule has 0 bridgehead atoms. The summed E-state index contributed by atoms with van der Waals surface area (Å²) >= 11 is 0. The Bertz CT molecular complexity index is 533. The van der Waals surface area contributed by atoms with Gasteiger partial charge in [0.15, 0.2) is 0 Å². The molecule has 6 nitrogen and oxygen atoms in total. The molecule has 1 aromatic rings. The minimum absolute atomic E-state index is 0.0162. The van der Waals surface area contributed by atoms with Crippen LogP contribution >= 0.6 is 0 Å². The first-order valence-corrected chi connectivity index (χ1v) is 8.64. The number of aliphatic hydroxyl groups is 1. The molecule has 2 amide bonds. The highest BCUT2D eigenvalue weighted by Crippen LogP contribution is 2.25. The second kappa shape index (κ2) is 7.81. The Kier molecular flexibility index (Phi) is 6.04. The number of hydrogen-bond acceptors (Lipinski definition) is 3. The van der Waals surface area contributed by atoms with Crippen LogP contribution in [0.3, 0.4) is 0 Å². The largest absolute Gasteiger partial charge is 0.396 e. The zero-order chi connectivity index (χ0) is 17.0. The molecular weight excluding hydrogens is 292 g/mol. The van der Waals surface area contributed by atoms with Crippen molar-refractivity contribution in [3.63, 3.8) is 0 Å². The fraction of sp³-hybridized carbons (Fsp3) is 0.765. The summed E-state index contributed by atoms with van der Waals surface area (Å²) < 4.78 is 1.86. The van der Waals surface area contributed by atoms with Crippen LogP contribution in [0.25, 0.3) is 0 Å². The molecule has 1 fully saturated rings. The van der Waals surface area contributed by atoms with Crippen molar-refractivity contribution >= 4 is 6.03 Å². The number of amides is 2. The van der Waals surface area contributed by atoms with E-state index in [-0.39, 0.29) is 24.7 Å². The number of urea groups is 1. The van der Waals surface area contributed by atoms with Gasteiger partial charge >= 0.3 is 6.03 Å². The molecule has 0 radical (unpaired) electrons. The number of carbonyl (C=O) groups is 1. The van der Waals surface area contributed by atoms with E-state index in [1.165, 1.54) is 0 Å². The Balaban J connectivity index is 1.93. The molecule has 23 heavy (non-hydrogen) atoms. The summed E-state index contributed by atoms with van der Waals surface area (Å²) in [5, 5.41) is 19.8. The molecule has 0 aliphatic heterocycles. The first kappa shape index (κ1) is 17.8. The molecule has 1 atom stereocenters. The van der Waals surface area contributed by atoms with E-state index >= 15 is 0 Å². The number of nitrogens with zero attached hydrogens (tertiary/aromatic N) is 2. The number of aryl methyl sites for hydroxylation is 2. The summed E-state index contributed by atoms with van der Waals surface area (Å²) in [5.74, 6) is 0.403. The molecule has 1 unspecified atom stereocenters. The number of carbonyl (C=O) groups excluding carboxylic acids is 1. The quantitative estimate of drug-likeness (QED) is 0.778. The van der Waals surface area contributed by atoms with Gasteiger partial charge in [0.25, 0.3) is 0 Å². The van der Waals surface area contributed by atoms with Gasteiger partial charge in [-0.1, -0.05) is 6.92 Å². The topological polar surface area (TPSA) is 79.2 Å². The molecule has 0 spiro atoms. The van der Waals surface area contributed by atoms with E-state index in [9.17, 15) is 9.90 Å². The predicted octanol–water partition coefficient (Wildman–Crippen LogP) is 2.34. The van der Waals surface area contributed by atoms with Crippen LogP contribution in [-0.2, 0) is 7.05 Å². The molecule has 130 valence electrons. The molecule has 0 saturated heterocycles. The lowest BCUT2D eigenvalue weighted by Crippen LogP contribution is -2.45. The van der Waals surface area contributed by atoms with Crippen molar-refractivity contribution < 1.29 is 9.90 Å². The van der Waals surface area contributed by atoms with Gasteiger partial charge in [-0.15, -0.1) is 0 Å². The maximum absolute atomic E-state index is 12.3. The molecule has 6 heteroatoms. The molecule has 0 aromatic carbocycles. The van der Waals surface area contributed by atoms with Crippen molar-refractivity contribution in [3.05, 3.63) is 17.0 Å². The Morgan fingerprint density at radius 2 is 2.00 bits per heavy atom. The zero-order valence-electron chi connectivity index (χ0n) is 14.7. The third-order valence-corrected chi connectivity index (χ3v) is 5.07. The maximum atomic E-state index is 12.3. The van der Waals surface area contributed by atoms with Gasteiger partial charge in [0.05, 0.1) is 11.7 Å². The molecule has 1 aliphatic rings. The van der Waals surface area contributed by atoms with Crippen LogP contribution in [0, 0.1) is 19.8 Å². The van der Waals surface area contributed by atoms with E-state index in [4.69, 9.17) is 0 Å². The van der Waals surface area contributed by atoms with E-state index < -0.39 is 0 Å². The van der Waals surface area contributed by atoms with Gasteiger partial charge in [0.1, 0.15) is 0 Å². The summed E-state index contributed by atoms with van der Waals surface area (Å²) in [5.41, 5.74) is 3.19. The van der Waals surface area contributed by atoms with Crippen LogP contribution in [0.4, 0.5) is 4.79 Å². The monoisotopic (exact) mass is 322 g/mol. The molecule has 1 aliphatic carbocycles. The van der Waals surface area contributed by atoms with Crippen LogP contribution in [0.1, 0.15) is 62.0 Å². The summed E-state index contributed by atoms with van der Waals surface area (Å²) in [4.78, 5) is 12.3. The number of hydrogen-bond donors (Lipinski definition) is 3. The smallest absolute Gasteiger partial charge is 0.315 e. The summed E-state index contributed by atoms with van der Waals surface area (Å²) in [7, 11) is 1.93. The van der Waals surface area contributed by atoms with Crippen LogP contribution < -0.4 is 10.6 Å². The Morgan fingerprint density at radius 1 is 1.35 bits per heavy atom. The second-order valence-electron chi connectivity index (χ2n) is 6.69. The van der Waals surface area contributed by atoms with Crippen LogP contribution in [0.15, 0.2) is 0 Å². The van der Waals surface area contributed by atoms with E-state index in [0.717, 1.165) is 49.1 Å². The molecule has 1 aromatic heterocycles. The van der Waals surface area contributed by atoms with Crippen molar-refractivity contribution in [1.29, 1.82) is 0 Å². The van der Waals surface area contributed by atoms with Gasteiger partial charge in [-0.05, 0) is 51.9 Å². The van der Waals surface area contributed by atoms with E-state index in [1.807, 2.05) is 25.6 Å². The number of nitrogens with one attached hydrogen (secondary N) is 2. The van der Waals surface area contributed by atoms with Gasteiger partial charge in [-0.2, -0.15) is 5.10 Å². The lowest BCUT2D eigenvalue weighted by atomic mass is 9.87. The molecule has 2 rings (SSSR count). The highest BCUT2D eigenvalue weighted by Gasteiger charge is 2.24. The third-order valence-electron chi connectivity index (χ3n) is 5.07. The maximum Gasteiger partial charge on any atom is 0.315 e. The summed E-state index contributed by atoms with van der Waals surface area (Å²) in [6.07, 6.45) is 4.69. The molecule has 3 N–H and O–H groups in total.